The van der Waals surface area contributed by atoms with Crippen LogP contribution in [0.2, 0.25) is 0 Å². The van der Waals surface area contributed by atoms with Crippen LogP contribution in [0, 0.1) is 0 Å². The van der Waals surface area contributed by atoms with E-state index in [2.05, 4.69) is 0 Å². The average molecular weight is 450 g/mol. The molecule has 32 heavy (non-hydrogen) atoms. The van der Waals surface area contributed by atoms with Gasteiger partial charge in [0.25, 0.3) is 0 Å². The molecule has 0 heterocycles. The lowest BCUT2D eigenvalue weighted by molar-refractivity contribution is 0.0499. The summed E-state index contributed by atoms with van der Waals surface area (Å²) in [4.78, 5) is 13.1. The molecule has 0 radical (unpaired) electrons. The summed E-state index contributed by atoms with van der Waals surface area (Å²) in [6, 6.07) is 2.96. The second-order valence-corrected chi connectivity index (χ2v) is 6.71. The largest absolute Gasteiger partial charge is 0.504 e. The number of hydrogen-bond acceptors (Lipinski definition) is 9. The minimum atomic E-state index is -0.647. The Hall–Kier alpha value is -3.33. The maximum absolute atomic E-state index is 13.1. The summed E-state index contributed by atoms with van der Waals surface area (Å²) in [6.07, 6.45) is 1.54. The molecule has 2 rings (SSSR count). The van der Waals surface area contributed by atoms with E-state index >= 15 is 0 Å². The molecule has 0 spiro atoms. The highest BCUT2D eigenvalue weighted by atomic mass is 16.5. The summed E-state index contributed by atoms with van der Waals surface area (Å²) in [6.45, 7) is 1.73. The lowest BCUT2D eigenvalue weighted by Gasteiger charge is -2.22. The molecule has 9 heteroatoms. The highest BCUT2D eigenvalue weighted by molar-refractivity contribution is 6.03. The molecular formula is C23H30O9. The Bertz CT molecular complexity index is 953. The first kappa shape index (κ1) is 24.9. The van der Waals surface area contributed by atoms with Crippen LogP contribution in [0.1, 0.15) is 35.7 Å². The zero-order chi connectivity index (χ0) is 23.8. The van der Waals surface area contributed by atoms with E-state index in [4.69, 9.17) is 28.4 Å². The van der Waals surface area contributed by atoms with Crippen LogP contribution in [-0.4, -0.2) is 58.3 Å². The summed E-state index contributed by atoms with van der Waals surface area (Å²) in [7, 11) is 7.02. The summed E-state index contributed by atoms with van der Waals surface area (Å²) in [5, 5.41) is 21.2. The Morgan fingerprint density at radius 2 is 1.44 bits per heavy atom. The first-order valence-corrected chi connectivity index (χ1v) is 10.0. The van der Waals surface area contributed by atoms with Gasteiger partial charge in [-0.1, -0.05) is 13.3 Å². The van der Waals surface area contributed by atoms with Gasteiger partial charge in [0.05, 0.1) is 54.3 Å². The van der Waals surface area contributed by atoms with Crippen molar-refractivity contribution in [2.24, 2.45) is 0 Å². The van der Waals surface area contributed by atoms with E-state index in [-0.39, 0.29) is 63.4 Å². The topological polar surface area (TPSA) is 113 Å². The quantitative estimate of drug-likeness (QED) is 0.392. The van der Waals surface area contributed by atoms with E-state index in [1.165, 1.54) is 47.7 Å². The van der Waals surface area contributed by atoms with Gasteiger partial charge in [0.1, 0.15) is 0 Å². The minimum absolute atomic E-state index is 0.0295. The smallest absolute Gasteiger partial charge is 0.339 e. The Balaban J connectivity index is 2.97. The molecule has 0 fully saturated rings. The number of rotatable bonds is 11. The van der Waals surface area contributed by atoms with Crippen LogP contribution in [0.15, 0.2) is 12.1 Å². The van der Waals surface area contributed by atoms with E-state index in [9.17, 15) is 15.0 Å². The van der Waals surface area contributed by atoms with Crippen LogP contribution in [0.25, 0.3) is 11.1 Å². The molecule has 2 N–H and O–H groups in total. The predicted octanol–water partition coefficient (Wildman–Crippen LogP) is 3.55. The van der Waals surface area contributed by atoms with Crippen molar-refractivity contribution >= 4 is 5.97 Å². The van der Waals surface area contributed by atoms with Gasteiger partial charge in [0.2, 0.25) is 11.5 Å². The molecule has 2 aromatic carbocycles. The van der Waals surface area contributed by atoms with Crippen LogP contribution in [0.4, 0.5) is 0 Å². The van der Waals surface area contributed by atoms with E-state index in [1.807, 2.05) is 6.92 Å². The Labute approximate surface area is 187 Å². The molecule has 0 aliphatic rings. The number of aromatic hydroxyl groups is 1. The van der Waals surface area contributed by atoms with Crippen molar-refractivity contribution in [3.63, 3.8) is 0 Å². The summed E-state index contributed by atoms with van der Waals surface area (Å²) >= 11 is 0. The van der Waals surface area contributed by atoms with E-state index in [0.29, 0.717) is 6.42 Å². The Morgan fingerprint density at radius 1 is 0.844 bits per heavy atom. The van der Waals surface area contributed by atoms with Gasteiger partial charge < -0.3 is 38.6 Å². The number of methoxy groups -OCH3 is 5. The maximum atomic E-state index is 13.1. The third-order valence-electron chi connectivity index (χ3n) is 4.93. The zero-order valence-corrected chi connectivity index (χ0v) is 19.2. The molecule has 0 aliphatic heterocycles. The summed E-state index contributed by atoms with van der Waals surface area (Å²) in [5.41, 5.74) is 0.612. The molecule has 0 aromatic heterocycles. The maximum Gasteiger partial charge on any atom is 0.339 e. The fourth-order valence-electron chi connectivity index (χ4n) is 3.38. The molecule has 9 nitrogen and oxygen atoms in total. The second-order valence-electron chi connectivity index (χ2n) is 6.71. The molecule has 0 saturated carbocycles. The molecule has 2 aromatic rings. The van der Waals surface area contributed by atoms with Crippen molar-refractivity contribution < 1.29 is 43.4 Å². The zero-order valence-electron chi connectivity index (χ0n) is 19.2. The van der Waals surface area contributed by atoms with Crippen molar-refractivity contribution in [3.05, 3.63) is 23.3 Å². The number of hydrogen-bond donors (Lipinski definition) is 2. The van der Waals surface area contributed by atoms with E-state index in [1.54, 1.807) is 0 Å². The van der Waals surface area contributed by atoms with Gasteiger partial charge >= 0.3 is 5.97 Å². The standard InChI is InChI=1S/C23H30O9/c1-7-8-9-32-23(26)14-11-16(28-3)21(30-5)22(31-6)18(14)17-13(12-24)10-15(27-2)20(29-4)19(17)25/h10-11,24-25H,7-9,12H2,1-6H3. The molecule has 0 atom stereocenters. The molecular weight excluding hydrogens is 420 g/mol. The van der Waals surface area contributed by atoms with Crippen molar-refractivity contribution in [2.45, 2.75) is 26.4 Å². The van der Waals surface area contributed by atoms with Crippen molar-refractivity contribution in [2.75, 3.05) is 42.2 Å². The molecule has 0 saturated heterocycles. The third-order valence-corrected chi connectivity index (χ3v) is 4.93. The normalized spacial score (nSPS) is 10.5. The fourth-order valence-corrected chi connectivity index (χ4v) is 3.38. The number of phenolic OH excluding ortho intramolecular Hbond substituents is 1. The van der Waals surface area contributed by atoms with Crippen LogP contribution >= 0.6 is 0 Å². The molecule has 0 aliphatic carbocycles. The van der Waals surface area contributed by atoms with Gasteiger partial charge in [-0.15, -0.1) is 0 Å². The van der Waals surface area contributed by atoms with Crippen LogP contribution in [-0.2, 0) is 11.3 Å². The average Bonchev–Trinajstić information content (AvgIpc) is 2.81. The number of carbonyl (C=O) groups is 1. The number of aliphatic hydroxyl groups is 1. The number of aliphatic hydroxyl groups excluding tert-OH is 1. The van der Waals surface area contributed by atoms with Crippen molar-refractivity contribution in [1.29, 1.82) is 0 Å². The monoisotopic (exact) mass is 450 g/mol. The van der Waals surface area contributed by atoms with Gasteiger partial charge in [0, 0.05) is 11.1 Å². The number of benzene rings is 2. The van der Waals surface area contributed by atoms with Crippen molar-refractivity contribution in [1.82, 2.24) is 0 Å². The first-order chi connectivity index (χ1) is 15.4. The Kier molecular flexibility index (Phi) is 8.83. The van der Waals surface area contributed by atoms with Crippen molar-refractivity contribution in [3.8, 4) is 45.6 Å². The Morgan fingerprint density at radius 3 is 1.94 bits per heavy atom. The molecule has 176 valence electrons. The second kappa shape index (κ2) is 11.3. The van der Waals surface area contributed by atoms with Gasteiger partial charge in [-0.3, -0.25) is 0 Å². The van der Waals surface area contributed by atoms with Crippen LogP contribution < -0.4 is 23.7 Å². The van der Waals surface area contributed by atoms with Gasteiger partial charge in [-0.2, -0.15) is 0 Å². The van der Waals surface area contributed by atoms with E-state index in [0.717, 1.165) is 6.42 Å². The highest BCUT2D eigenvalue weighted by Gasteiger charge is 2.31. The van der Waals surface area contributed by atoms with E-state index < -0.39 is 12.6 Å². The molecule has 0 unspecified atom stereocenters. The van der Waals surface area contributed by atoms with Gasteiger partial charge in [0.15, 0.2) is 23.0 Å². The SMILES string of the molecule is CCCCOC(=O)c1cc(OC)c(OC)c(OC)c1-c1c(CO)cc(OC)c(OC)c1O. The number of phenols is 1. The predicted molar refractivity (Wildman–Crippen MR) is 117 cm³/mol. The number of unbranched alkanes of at least 4 members (excludes halogenated alkanes) is 1. The summed E-state index contributed by atoms with van der Waals surface area (Å²) < 4.78 is 32.4. The third kappa shape index (κ3) is 4.62. The van der Waals surface area contributed by atoms with Gasteiger partial charge in [-0.25, -0.2) is 4.79 Å². The first-order valence-electron chi connectivity index (χ1n) is 10.0. The highest BCUT2D eigenvalue weighted by Crippen LogP contribution is 2.53. The molecule has 0 amide bonds. The minimum Gasteiger partial charge on any atom is -0.504 e. The van der Waals surface area contributed by atoms with Crippen LogP contribution in [0.5, 0.6) is 34.5 Å². The summed E-state index contributed by atoms with van der Waals surface area (Å²) in [5.74, 6) is -0.193. The number of carbonyl (C=O) groups excluding carboxylic acids is 1. The lowest BCUT2D eigenvalue weighted by Crippen LogP contribution is -2.11. The molecule has 0 bridgehead atoms. The lowest BCUT2D eigenvalue weighted by atomic mass is 9.92. The number of ether oxygens (including phenoxy) is 6. The van der Waals surface area contributed by atoms with Gasteiger partial charge in [-0.05, 0) is 24.1 Å². The van der Waals surface area contributed by atoms with Crippen LogP contribution in [0.3, 0.4) is 0 Å². The fraction of sp³-hybridized carbons (Fsp3) is 0.435. The number of esters is 1.